The van der Waals surface area contributed by atoms with Crippen molar-refractivity contribution in [2.45, 2.75) is 45.1 Å². The zero-order valence-corrected chi connectivity index (χ0v) is 18.1. The highest BCUT2D eigenvalue weighted by Crippen LogP contribution is 2.47. The third kappa shape index (κ3) is 5.03. The van der Waals surface area contributed by atoms with Crippen LogP contribution in [-0.2, 0) is 19.2 Å². The Morgan fingerprint density at radius 2 is 2.00 bits per heavy atom. The number of aromatic nitrogens is 3. The number of aromatic amines is 1. The molecule has 1 unspecified atom stereocenters. The van der Waals surface area contributed by atoms with Gasteiger partial charge in [0.15, 0.2) is 0 Å². The van der Waals surface area contributed by atoms with Crippen molar-refractivity contribution >= 4 is 22.8 Å². The van der Waals surface area contributed by atoms with E-state index in [1.807, 2.05) is 31.3 Å². The molecule has 0 saturated heterocycles. The van der Waals surface area contributed by atoms with Crippen LogP contribution in [-0.4, -0.2) is 33.7 Å². The van der Waals surface area contributed by atoms with Gasteiger partial charge in [0, 0.05) is 41.4 Å². The number of hydrogen-bond donors (Lipinski definition) is 2. The van der Waals surface area contributed by atoms with Crippen molar-refractivity contribution < 1.29 is 19.2 Å². The summed E-state index contributed by atoms with van der Waals surface area (Å²) in [5.41, 5.74) is 7.57. The second-order valence-corrected chi connectivity index (χ2v) is 7.84. The van der Waals surface area contributed by atoms with E-state index in [4.69, 9.17) is 9.57 Å². The number of fused-ring (bicyclic) bond motifs is 1. The van der Waals surface area contributed by atoms with E-state index in [1.165, 1.54) is 18.4 Å². The molecule has 1 fully saturated rings. The summed E-state index contributed by atoms with van der Waals surface area (Å²) in [7, 11) is 0. The van der Waals surface area contributed by atoms with Gasteiger partial charge in [-0.15, -0.1) is 0 Å². The van der Waals surface area contributed by atoms with Crippen molar-refractivity contribution in [2.75, 3.05) is 6.54 Å². The lowest BCUT2D eigenvalue weighted by Crippen LogP contribution is -2.19. The van der Waals surface area contributed by atoms with Crippen molar-refractivity contribution in [2.24, 2.45) is 0 Å². The third-order valence-corrected chi connectivity index (χ3v) is 5.36. The normalized spacial score (nSPS) is 14.6. The Balaban J connectivity index is 1.42. The number of H-pyrrole nitrogens is 1. The molecule has 8 heteroatoms. The maximum atomic E-state index is 12.0. The SMILES string of the molecule is CCCNOC(=O)/C=C/C(=O)OC(C)c1ccc(-c2ccc3[nH]ncc3c2C2CC2)nc1. The number of nitrogens with zero attached hydrogens (tertiary/aromatic N) is 2. The number of hydrogen-bond acceptors (Lipinski definition) is 7. The van der Waals surface area contributed by atoms with E-state index in [2.05, 4.69) is 26.7 Å². The number of benzene rings is 1. The topological polar surface area (TPSA) is 106 Å². The van der Waals surface area contributed by atoms with Gasteiger partial charge in [-0.25, -0.2) is 9.59 Å². The number of ether oxygens (including phenoxy) is 1. The zero-order valence-electron chi connectivity index (χ0n) is 18.1. The molecule has 1 aromatic carbocycles. The van der Waals surface area contributed by atoms with Crippen LogP contribution < -0.4 is 5.48 Å². The van der Waals surface area contributed by atoms with E-state index in [-0.39, 0.29) is 0 Å². The number of nitrogens with one attached hydrogen (secondary N) is 2. The van der Waals surface area contributed by atoms with E-state index in [1.54, 1.807) is 13.1 Å². The molecule has 0 aliphatic heterocycles. The summed E-state index contributed by atoms with van der Waals surface area (Å²) in [4.78, 5) is 32.9. The average molecular weight is 434 g/mol. The quantitative estimate of drug-likeness (QED) is 0.226. The number of rotatable bonds is 9. The molecule has 3 aromatic rings. The highest BCUT2D eigenvalue weighted by molar-refractivity contribution is 5.91. The Hall–Kier alpha value is -3.52. The van der Waals surface area contributed by atoms with Gasteiger partial charge in [-0.05, 0) is 49.8 Å². The highest BCUT2D eigenvalue weighted by atomic mass is 16.7. The summed E-state index contributed by atoms with van der Waals surface area (Å²) in [5.74, 6) is -0.742. The zero-order chi connectivity index (χ0) is 22.5. The first-order chi connectivity index (χ1) is 15.6. The molecule has 0 spiro atoms. The first-order valence-corrected chi connectivity index (χ1v) is 10.8. The maximum Gasteiger partial charge on any atom is 0.349 e. The number of esters is 1. The minimum absolute atomic E-state index is 0.512. The molecular formula is C24H26N4O4. The predicted molar refractivity (Wildman–Crippen MR) is 119 cm³/mol. The molecular weight excluding hydrogens is 408 g/mol. The van der Waals surface area contributed by atoms with Crippen molar-refractivity contribution in [3.8, 4) is 11.3 Å². The fourth-order valence-corrected chi connectivity index (χ4v) is 3.56. The van der Waals surface area contributed by atoms with Gasteiger partial charge in [-0.2, -0.15) is 10.6 Å². The van der Waals surface area contributed by atoms with Crippen LogP contribution in [0.3, 0.4) is 0 Å². The molecule has 1 saturated carbocycles. The highest BCUT2D eigenvalue weighted by Gasteiger charge is 2.29. The Kier molecular flexibility index (Phi) is 6.61. The smallest absolute Gasteiger partial charge is 0.349 e. The molecule has 1 atom stereocenters. The molecule has 1 aliphatic carbocycles. The monoisotopic (exact) mass is 434 g/mol. The van der Waals surface area contributed by atoms with Crippen LogP contribution in [0.1, 0.15) is 56.3 Å². The summed E-state index contributed by atoms with van der Waals surface area (Å²) in [6, 6.07) is 7.96. The van der Waals surface area contributed by atoms with Crippen molar-refractivity contribution in [1.82, 2.24) is 20.7 Å². The van der Waals surface area contributed by atoms with Gasteiger partial charge in [0.05, 0.1) is 17.4 Å². The predicted octanol–water partition coefficient (Wildman–Crippen LogP) is 4.12. The molecule has 4 rings (SSSR count). The van der Waals surface area contributed by atoms with Gasteiger partial charge in [0.1, 0.15) is 6.10 Å². The average Bonchev–Trinajstić information content (AvgIpc) is 3.53. The van der Waals surface area contributed by atoms with Crippen molar-refractivity contribution in [1.29, 1.82) is 0 Å². The van der Waals surface area contributed by atoms with Crippen LogP contribution in [0.15, 0.2) is 48.8 Å². The van der Waals surface area contributed by atoms with E-state index in [0.29, 0.717) is 12.5 Å². The Morgan fingerprint density at radius 3 is 2.72 bits per heavy atom. The summed E-state index contributed by atoms with van der Waals surface area (Å²) in [5, 5.41) is 8.37. The van der Waals surface area contributed by atoms with Crippen molar-refractivity contribution in [3.63, 3.8) is 0 Å². The standard InChI is InChI=1S/C24H26N4O4/c1-3-12-27-32-23(30)11-10-22(29)31-15(2)17-6-8-20(25-13-17)18-7-9-21-19(14-26-28-21)24(18)16-4-5-16/h6-11,13-16,27H,3-5,12H2,1-2H3,(H,26,28)/b11-10+. The molecule has 2 N–H and O–H groups in total. The summed E-state index contributed by atoms with van der Waals surface area (Å²) >= 11 is 0. The molecule has 2 aromatic heterocycles. The Labute approximate surface area is 186 Å². The molecule has 0 amide bonds. The summed E-state index contributed by atoms with van der Waals surface area (Å²) in [6.07, 6.45) is 8.35. The van der Waals surface area contributed by atoms with E-state index >= 15 is 0 Å². The fourth-order valence-electron chi connectivity index (χ4n) is 3.56. The minimum Gasteiger partial charge on any atom is -0.455 e. The summed E-state index contributed by atoms with van der Waals surface area (Å²) in [6.45, 7) is 4.25. The van der Waals surface area contributed by atoms with Crippen LogP contribution in [0.25, 0.3) is 22.2 Å². The number of pyridine rings is 1. The number of hydroxylamine groups is 1. The van der Waals surface area contributed by atoms with Crippen molar-refractivity contribution in [3.05, 3.63) is 59.9 Å². The third-order valence-electron chi connectivity index (χ3n) is 5.36. The molecule has 8 nitrogen and oxygen atoms in total. The van der Waals surface area contributed by atoms with Crippen LogP contribution in [0.5, 0.6) is 0 Å². The van der Waals surface area contributed by atoms with E-state index in [9.17, 15) is 9.59 Å². The first-order valence-electron chi connectivity index (χ1n) is 10.8. The largest absolute Gasteiger partial charge is 0.455 e. The number of carbonyl (C=O) groups is 2. The van der Waals surface area contributed by atoms with Gasteiger partial charge in [0.25, 0.3) is 0 Å². The lowest BCUT2D eigenvalue weighted by Gasteiger charge is -2.14. The van der Waals surface area contributed by atoms with Crippen LogP contribution in [0.2, 0.25) is 0 Å². The van der Waals surface area contributed by atoms with Gasteiger partial charge in [-0.1, -0.05) is 19.1 Å². The molecule has 0 radical (unpaired) electrons. The Bertz CT molecular complexity index is 1130. The van der Waals surface area contributed by atoms with Gasteiger partial charge >= 0.3 is 11.9 Å². The van der Waals surface area contributed by atoms with Crippen LogP contribution in [0, 0.1) is 0 Å². The molecule has 2 heterocycles. The van der Waals surface area contributed by atoms with Gasteiger partial charge in [-0.3, -0.25) is 10.1 Å². The Morgan fingerprint density at radius 1 is 1.19 bits per heavy atom. The first kappa shape index (κ1) is 21.7. The van der Waals surface area contributed by atoms with Gasteiger partial charge < -0.3 is 9.57 Å². The van der Waals surface area contributed by atoms with Gasteiger partial charge in [0.2, 0.25) is 0 Å². The van der Waals surface area contributed by atoms with Crippen LogP contribution >= 0.6 is 0 Å². The fraction of sp³-hybridized carbons (Fsp3) is 0.333. The minimum atomic E-state index is -0.657. The summed E-state index contributed by atoms with van der Waals surface area (Å²) < 4.78 is 5.37. The second-order valence-electron chi connectivity index (χ2n) is 7.84. The molecule has 0 bridgehead atoms. The van der Waals surface area contributed by atoms with Crippen LogP contribution in [0.4, 0.5) is 0 Å². The molecule has 1 aliphatic rings. The van der Waals surface area contributed by atoms with E-state index < -0.39 is 18.0 Å². The molecule has 166 valence electrons. The maximum absolute atomic E-state index is 12.0. The van der Waals surface area contributed by atoms with E-state index in [0.717, 1.165) is 46.3 Å². The lowest BCUT2D eigenvalue weighted by molar-refractivity contribution is -0.146. The molecule has 32 heavy (non-hydrogen) atoms. The lowest BCUT2D eigenvalue weighted by atomic mass is 9.96. The second kappa shape index (κ2) is 9.74. The number of carbonyl (C=O) groups excluding carboxylic acids is 2.